The number of hydrogen-bond donors (Lipinski definition) is 1. The Morgan fingerprint density at radius 2 is 2.24 bits per heavy atom. The van der Waals surface area contributed by atoms with E-state index in [1.54, 1.807) is 18.2 Å². The zero-order valence-electron chi connectivity index (χ0n) is 9.38. The lowest BCUT2D eigenvalue weighted by Crippen LogP contribution is -2.02. The summed E-state index contributed by atoms with van der Waals surface area (Å²) in [5, 5.41) is 19.0. The second-order valence-electron chi connectivity index (χ2n) is 3.53. The molecular formula is C11H13NO5. The summed E-state index contributed by atoms with van der Waals surface area (Å²) in [6.07, 6.45) is 0.405. The Morgan fingerprint density at radius 3 is 2.76 bits per heavy atom. The molecule has 17 heavy (non-hydrogen) atoms. The Hall–Kier alpha value is -2.11. The van der Waals surface area contributed by atoms with E-state index in [9.17, 15) is 14.9 Å². The van der Waals surface area contributed by atoms with Gasteiger partial charge >= 0.3 is 5.97 Å². The molecule has 0 aliphatic carbocycles. The van der Waals surface area contributed by atoms with E-state index in [1.165, 1.54) is 7.11 Å². The third-order valence-corrected chi connectivity index (χ3v) is 2.28. The fourth-order valence-corrected chi connectivity index (χ4v) is 1.47. The van der Waals surface area contributed by atoms with Crippen LogP contribution in [0.15, 0.2) is 18.2 Å². The summed E-state index contributed by atoms with van der Waals surface area (Å²) in [5.41, 5.74) is 1.27. The summed E-state index contributed by atoms with van der Waals surface area (Å²) < 4.78 is 5.04. The van der Waals surface area contributed by atoms with Crippen LogP contribution in [0.1, 0.15) is 17.5 Å². The molecule has 0 radical (unpaired) electrons. The number of nitro groups is 1. The van der Waals surface area contributed by atoms with Crippen LogP contribution in [0.3, 0.4) is 0 Å². The summed E-state index contributed by atoms with van der Waals surface area (Å²) in [7, 11) is 1.43. The second-order valence-corrected chi connectivity index (χ2v) is 3.53. The molecular weight excluding hydrogens is 226 g/mol. The first-order valence-electron chi connectivity index (χ1n) is 5.02. The highest BCUT2D eigenvalue weighted by atomic mass is 16.6. The summed E-state index contributed by atoms with van der Waals surface area (Å²) in [4.78, 5) is 20.4. The first-order valence-corrected chi connectivity index (χ1v) is 5.02. The predicted octanol–water partition coefficient (Wildman–Crippen LogP) is 1.49. The van der Waals surface area contributed by atoms with Crippen molar-refractivity contribution in [3.8, 4) is 5.75 Å². The van der Waals surface area contributed by atoms with E-state index < -0.39 is 10.9 Å². The van der Waals surface area contributed by atoms with E-state index in [0.717, 1.165) is 5.56 Å². The average Bonchev–Trinajstić information content (AvgIpc) is 2.26. The fraction of sp³-hybridized carbons (Fsp3) is 0.364. The van der Waals surface area contributed by atoms with Crippen molar-refractivity contribution in [1.82, 2.24) is 0 Å². The molecule has 1 N–H and O–H groups in total. The number of methoxy groups -OCH3 is 1. The Kier molecular flexibility index (Phi) is 4.45. The zero-order valence-corrected chi connectivity index (χ0v) is 9.38. The van der Waals surface area contributed by atoms with Crippen molar-refractivity contribution in [2.45, 2.75) is 19.4 Å². The van der Waals surface area contributed by atoms with Crippen LogP contribution in [0, 0.1) is 10.1 Å². The molecule has 0 aliphatic heterocycles. The maximum absolute atomic E-state index is 10.4. The summed E-state index contributed by atoms with van der Waals surface area (Å²) >= 11 is 0. The smallest absolute Gasteiger partial charge is 0.303 e. The summed E-state index contributed by atoms with van der Waals surface area (Å²) in [6, 6.07) is 4.92. The van der Waals surface area contributed by atoms with Gasteiger partial charge in [-0.05, 0) is 24.1 Å². The molecule has 0 bridgehead atoms. The number of benzene rings is 1. The van der Waals surface area contributed by atoms with Crippen molar-refractivity contribution in [3.05, 3.63) is 39.4 Å². The quantitative estimate of drug-likeness (QED) is 0.600. The van der Waals surface area contributed by atoms with Crippen LogP contribution in [0.2, 0.25) is 0 Å². The number of carboxylic acids is 1. The summed E-state index contributed by atoms with van der Waals surface area (Å²) in [6.45, 7) is -0.303. The molecule has 0 aromatic heterocycles. The molecule has 0 saturated heterocycles. The fourth-order valence-electron chi connectivity index (χ4n) is 1.47. The normalized spacial score (nSPS) is 9.94. The van der Waals surface area contributed by atoms with Gasteiger partial charge in [-0.2, -0.15) is 0 Å². The van der Waals surface area contributed by atoms with Gasteiger partial charge < -0.3 is 9.84 Å². The van der Waals surface area contributed by atoms with Crippen LogP contribution in [0.25, 0.3) is 0 Å². The number of aryl methyl sites for hydroxylation is 1. The number of rotatable bonds is 6. The lowest BCUT2D eigenvalue weighted by molar-refractivity contribution is -0.496. The minimum atomic E-state index is -0.877. The molecule has 92 valence electrons. The van der Waals surface area contributed by atoms with Crippen molar-refractivity contribution in [2.75, 3.05) is 7.11 Å². The number of aliphatic carboxylic acids is 1. The Labute approximate surface area is 98.0 Å². The molecule has 6 heteroatoms. The third kappa shape index (κ3) is 4.10. The van der Waals surface area contributed by atoms with Gasteiger partial charge in [-0.15, -0.1) is 0 Å². The number of ether oxygens (including phenoxy) is 1. The van der Waals surface area contributed by atoms with Gasteiger partial charge in [-0.3, -0.25) is 14.9 Å². The first kappa shape index (κ1) is 13.0. The van der Waals surface area contributed by atoms with Gasteiger partial charge in [-0.1, -0.05) is 6.07 Å². The van der Waals surface area contributed by atoms with Crippen molar-refractivity contribution >= 4 is 5.97 Å². The number of carbonyl (C=O) groups is 1. The molecule has 0 unspecified atom stereocenters. The van der Waals surface area contributed by atoms with E-state index in [1.807, 2.05) is 0 Å². The standard InChI is InChI=1S/C11H13NO5/c1-17-10-6-8(3-5-11(13)14)2-4-9(10)7-12(15)16/h2,4,6H,3,5,7H2,1H3,(H,13,14). The Bertz CT molecular complexity index is 430. The van der Waals surface area contributed by atoms with Crippen LogP contribution in [-0.4, -0.2) is 23.1 Å². The zero-order chi connectivity index (χ0) is 12.8. The molecule has 0 spiro atoms. The number of carboxylic acid groups (broad SMARTS) is 1. The molecule has 1 aromatic carbocycles. The van der Waals surface area contributed by atoms with Gasteiger partial charge in [-0.25, -0.2) is 0 Å². The van der Waals surface area contributed by atoms with Gasteiger partial charge in [0.1, 0.15) is 5.75 Å². The lowest BCUT2D eigenvalue weighted by Gasteiger charge is -2.07. The molecule has 0 fully saturated rings. The molecule has 0 amide bonds. The molecule has 0 heterocycles. The van der Waals surface area contributed by atoms with Gasteiger partial charge in [0, 0.05) is 11.3 Å². The van der Waals surface area contributed by atoms with E-state index >= 15 is 0 Å². The second kappa shape index (κ2) is 5.83. The summed E-state index contributed by atoms with van der Waals surface area (Å²) in [5.74, 6) is -0.456. The predicted molar refractivity (Wildman–Crippen MR) is 59.6 cm³/mol. The minimum Gasteiger partial charge on any atom is -0.496 e. The first-order chi connectivity index (χ1) is 8.02. The highest BCUT2D eigenvalue weighted by Gasteiger charge is 2.10. The molecule has 1 aromatic rings. The highest BCUT2D eigenvalue weighted by molar-refractivity contribution is 5.67. The average molecular weight is 239 g/mol. The molecule has 0 atom stereocenters. The van der Waals surface area contributed by atoms with Crippen LogP contribution in [0.5, 0.6) is 5.75 Å². The third-order valence-electron chi connectivity index (χ3n) is 2.28. The van der Waals surface area contributed by atoms with Crippen LogP contribution in [0.4, 0.5) is 0 Å². The SMILES string of the molecule is COc1cc(CCC(=O)O)ccc1C[N+](=O)[O-]. The van der Waals surface area contributed by atoms with Crippen molar-refractivity contribution < 1.29 is 19.6 Å². The minimum absolute atomic E-state index is 0.0255. The monoisotopic (exact) mass is 239 g/mol. The van der Waals surface area contributed by atoms with Crippen LogP contribution >= 0.6 is 0 Å². The van der Waals surface area contributed by atoms with E-state index in [0.29, 0.717) is 17.7 Å². The van der Waals surface area contributed by atoms with Crippen molar-refractivity contribution in [2.24, 2.45) is 0 Å². The Balaban J connectivity index is 2.84. The molecule has 0 saturated carbocycles. The van der Waals surface area contributed by atoms with Gasteiger partial charge in [0.15, 0.2) is 0 Å². The number of hydrogen-bond acceptors (Lipinski definition) is 4. The molecule has 0 aliphatic rings. The number of nitrogens with zero attached hydrogens (tertiary/aromatic N) is 1. The van der Waals surface area contributed by atoms with Crippen molar-refractivity contribution in [1.29, 1.82) is 0 Å². The lowest BCUT2D eigenvalue weighted by atomic mass is 10.1. The highest BCUT2D eigenvalue weighted by Crippen LogP contribution is 2.21. The topological polar surface area (TPSA) is 89.7 Å². The van der Waals surface area contributed by atoms with Crippen molar-refractivity contribution in [3.63, 3.8) is 0 Å². The van der Waals surface area contributed by atoms with E-state index in [4.69, 9.17) is 9.84 Å². The van der Waals surface area contributed by atoms with Crippen LogP contribution in [-0.2, 0) is 17.8 Å². The van der Waals surface area contributed by atoms with E-state index in [2.05, 4.69) is 0 Å². The van der Waals surface area contributed by atoms with Gasteiger partial charge in [0.05, 0.1) is 12.7 Å². The molecule has 1 rings (SSSR count). The maximum Gasteiger partial charge on any atom is 0.303 e. The van der Waals surface area contributed by atoms with Gasteiger partial charge in [0.25, 0.3) is 0 Å². The largest absolute Gasteiger partial charge is 0.496 e. The van der Waals surface area contributed by atoms with E-state index in [-0.39, 0.29) is 13.0 Å². The Morgan fingerprint density at radius 1 is 1.53 bits per heavy atom. The van der Waals surface area contributed by atoms with Crippen LogP contribution < -0.4 is 4.74 Å². The maximum atomic E-state index is 10.4. The molecule has 6 nitrogen and oxygen atoms in total. The van der Waals surface area contributed by atoms with Gasteiger partial charge in [0.2, 0.25) is 6.54 Å².